The van der Waals surface area contributed by atoms with Crippen LogP contribution in [0.1, 0.15) is 29.3 Å². The van der Waals surface area contributed by atoms with Crippen molar-refractivity contribution in [3.05, 3.63) is 65.6 Å². The molecule has 4 rings (SSSR count). The molecule has 1 saturated heterocycles. The number of pyridine rings is 1. The van der Waals surface area contributed by atoms with Gasteiger partial charge in [-0.1, -0.05) is 6.92 Å². The smallest absolute Gasteiger partial charge is 0.232 e. The van der Waals surface area contributed by atoms with Crippen LogP contribution in [0.25, 0.3) is 10.9 Å². The van der Waals surface area contributed by atoms with Gasteiger partial charge in [0.25, 0.3) is 0 Å². The average molecular weight is 458 g/mol. The van der Waals surface area contributed by atoms with Gasteiger partial charge in [-0.25, -0.2) is 12.8 Å². The molecule has 0 bridgehead atoms. The number of morpholine rings is 1. The fourth-order valence-corrected chi connectivity index (χ4v) is 4.82. The number of aromatic nitrogens is 1. The van der Waals surface area contributed by atoms with Crippen LogP contribution >= 0.6 is 0 Å². The van der Waals surface area contributed by atoms with E-state index in [1.54, 1.807) is 31.3 Å². The number of fused-ring (bicyclic) bond motifs is 1. The molecule has 9 heteroatoms. The van der Waals surface area contributed by atoms with Gasteiger partial charge in [-0.05, 0) is 48.9 Å². The first-order valence-electron chi connectivity index (χ1n) is 10.4. The Morgan fingerprint density at radius 3 is 2.66 bits per heavy atom. The minimum absolute atomic E-state index is 0.0267. The van der Waals surface area contributed by atoms with Crippen LogP contribution in [0, 0.1) is 5.82 Å². The number of halogens is 1. The molecule has 0 radical (unpaired) electrons. The van der Waals surface area contributed by atoms with Gasteiger partial charge in [-0.15, -0.1) is 0 Å². The highest BCUT2D eigenvalue weighted by molar-refractivity contribution is 7.92. The molecule has 1 fully saturated rings. The van der Waals surface area contributed by atoms with Gasteiger partial charge < -0.3 is 9.64 Å². The molecule has 1 N–H and O–H groups in total. The predicted molar refractivity (Wildman–Crippen MR) is 122 cm³/mol. The first-order valence-corrected chi connectivity index (χ1v) is 12.1. The summed E-state index contributed by atoms with van der Waals surface area (Å²) in [6.45, 7) is 4.58. The van der Waals surface area contributed by atoms with Crippen LogP contribution in [0.15, 0.2) is 48.7 Å². The van der Waals surface area contributed by atoms with E-state index in [4.69, 9.17) is 4.74 Å². The standard InChI is InChI=1S/C23H24FN3O4S/c1-2-9-32(29,30)26-20-12-18(11-19(24)14-20)23(28)16-3-4-22-17(10-16)13-21(15-25-22)27-5-7-31-8-6-27/h3-4,10-15,26H,2,5-9H2,1H3. The molecule has 7 nitrogen and oxygen atoms in total. The van der Waals surface area contributed by atoms with E-state index in [2.05, 4.69) is 14.6 Å². The van der Waals surface area contributed by atoms with Crippen molar-refractivity contribution in [1.82, 2.24) is 4.98 Å². The first-order chi connectivity index (χ1) is 15.3. The zero-order chi connectivity index (χ0) is 22.7. The molecular weight excluding hydrogens is 433 g/mol. The SMILES string of the molecule is CCCS(=O)(=O)Nc1cc(F)cc(C(=O)c2ccc3ncc(N4CCOCC4)cc3c2)c1. The molecule has 2 aromatic carbocycles. The van der Waals surface area contributed by atoms with Gasteiger partial charge in [-0.2, -0.15) is 0 Å². The number of hydrogen-bond donors (Lipinski definition) is 1. The van der Waals surface area contributed by atoms with Crippen LogP contribution in [0.3, 0.4) is 0 Å². The molecule has 0 saturated carbocycles. The average Bonchev–Trinajstić information content (AvgIpc) is 2.77. The van der Waals surface area contributed by atoms with Gasteiger partial charge in [0.05, 0.1) is 42.1 Å². The summed E-state index contributed by atoms with van der Waals surface area (Å²) in [5.41, 5.74) is 2.15. The molecule has 0 amide bonds. The van der Waals surface area contributed by atoms with Crippen LogP contribution in [-0.4, -0.2) is 51.2 Å². The van der Waals surface area contributed by atoms with Gasteiger partial charge in [0.2, 0.25) is 10.0 Å². The lowest BCUT2D eigenvalue weighted by atomic mass is 10.0. The van der Waals surface area contributed by atoms with Gasteiger partial charge in [0.15, 0.2) is 5.78 Å². The molecule has 1 aromatic heterocycles. The predicted octanol–water partition coefficient (Wildman–Crippen LogP) is 3.59. The Bertz CT molecular complexity index is 1260. The van der Waals surface area contributed by atoms with Crippen molar-refractivity contribution >= 4 is 38.1 Å². The molecule has 168 valence electrons. The fraction of sp³-hybridized carbons (Fsp3) is 0.304. The lowest BCUT2D eigenvalue weighted by Crippen LogP contribution is -2.36. The zero-order valence-corrected chi connectivity index (χ0v) is 18.5. The Morgan fingerprint density at radius 1 is 1.12 bits per heavy atom. The molecule has 1 aliphatic rings. The monoisotopic (exact) mass is 457 g/mol. The zero-order valence-electron chi connectivity index (χ0n) is 17.7. The van der Waals surface area contributed by atoms with Crippen molar-refractivity contribution in [2.75, 3.05) is 41.7 Å². The minimum Gasteiger partial charge on any atom is -0.378 e. The molecule has 0 unspecified atom stereocenters. The number of nitrogens with zero attached hydrogens (tertiary/aromatic N) is 2. The van der Waals surface area contributed by atoms with Crippen molar-refractivity contribution in [1.29, 1.82) is 0 Å². The number of anilines is 2. The Morgan fingerprint density at radius 2 is 1.91 bits per heavy atom. The highest BCUT2D eigenvalue weighted by Crippen LogP contribution is 2.24. The van der Waals surface area contributed by atoms with Crippen LogP contribution in [0.5, 0.6) is 0 Å². The van der Waals surface area contributed by atoms with Crippen molar-refractivity contribution in [2.24, 2.45) is 0 Å². The van der Waals surface area contributed by atoms with E-state index in [1.165, 1.54) is 6.07 Å². The second-order valence-corrected chi connectivity index (χ2v) is 9.52. The van der Waals surface area contributed by atoms with E-state index in [1.807, 2.05) is 6.07 Å². The summed E-state index contributed by atoms with van der Waals surface area (Å²) < 4.78 is 46.0. The van der Waals surface area contributed by atoms with Gasteiger partial charge in [0.1, 0.15) is 5.82 Å². The van der Waals surface area contributed by atoms with E-state index < -0.39 is 21.6 Å². The summed E-state index contributed by atoms with van der Waals surface area (Å²) >= 11 is 0. The Hall–Kier alpha value is -3.04. The van der Waals surface area contributed by atoms with Crippen LogP contribution in [-0.2, 0) is 14.8 Å². The maximum atomic E-state index is 14.2. The second-order valence-electron chi connectivity index (χ2n) is 7.68. The normalized spacial score (nSPS) is 14.5. The molecule has 0 atom stereocenters. The molecule has 1 aliphatic heterocycles. The summed E-state index contributed by atoms with van der Waals surface area (Å²) in [7, 11) is -3.60. The lowest BCUT2D eigenvalue weighted by Gasteiger charge is -2.28. The number of carbonyl (C=O) groups excluding carboxylic acids is 1. The van der Waals surface area contributed by atoms with Crippen LogP contribution < -0.4 is 9.62 Å². The maximum Gasteiger partial charge on any atom is 0.232 e. The highest BCUT2D eigenvalue weighted by Gasteiger charge is 2.16. The van der Waals surface area contributed by atoms with Gasteiger partial charge in [-0.3, -0.25) is 14.5 Å². The maximum absolute atomic E-state index is 14.2. The number of rotatable bonds is 7. The minimum atomic E-state index is -3.60. The lowest BCUT2D eigenvalue weighted by molar-refractivity contribution is 0.103. The molecule has 2 heterocycles. The molecule has 32 heavy (non-hydrogen) atoms. The Balaban J connectivity index is 1.64. The number of benzene rings is 2. The largest absolute Gasteiger partial charge is 0.378 e. The van der Waals surface area contributed by atoms with E-state index in [9.17, 15) is 17.6 Å². The topological polar surface area (TPSA) is 88.6 Å². The number of carbonyl (C=O) groups is 1. The Labute approximate surface area is 186 Å². The number of sulfonamides is 1. The summed E-state index contributed by atoms with van der Waals surface area (Å²) in [6, 6.07) is 10.6. The van der Waals surface area contributed by atoms with E-state index in [-0.39, 0.29) is 17.0 Å². The molecule has 0 aliphatic carbocycles. The molecule has 3 aromatic rings. The number of ether oxygens (including phenoxy) is 1. The number of ketones is 1. The van der Waals surface area contributed by atoms with Crippen molar-refractivity contribution < 1.29 is 22.3 Å². The van der Waals surface area contributed by atoms with E-state index in [0.29, 0.717) is 25.2 Å². The summed E-state index contributed by atoms with van der Waals surface area (Å²) in [4.78, 5) is 19.7. The number of nitrogens with one attached hydrogen (secondary N) is 1. The van der Waals surface area contributed by atoms with Crippen molar-refractivity contribution in [3.8, 4) is 0 Å². The van der Waals surface area contributed by atoms with Crippen LogP contribution in [0.4, 0.5) is 15.8 Å². The quantitative estimate of drug-likeness (QED) is 0.546. The second kappa shape index (κ2) is 9.22. The third-order valence-corrected chi connectivity index (χ3v) is 6.70. The summed E-state index contributed by atoms with van der Waals surface area (Å²) in [5.74, 6) is -1.18. The highest BCUT2D eigenvalue weighted by atomic mass is 32.2. The van der Waals surface area contributed by atoms with Gasteiger partial charge >= 0.3 is 0 Å². The third-order valence-electron chi connectivity index (χ3n) is 5.21. The Kier molecular flexibility index (Phi) is 6.38. The summed E-state index contributed by atoms with van der Waals surface area (Å²) in [6.07, 6.45) is 2.23. The fourth-order valence-electron chi connectivity index (χ4n) is 3.70. The van der Waals surface area contributed by atoms with Crippen molar-refractivity contribution in [2.45, 2.75) is 13.3 Å². The first kappa shape index (κ1) is 22.2. The molecule has 0 spiro atoms. The van der Waals surface area contributed by atoms with Crippen molar-refractivity contribution in [3.63, 3.8) is 0 Å². The summed E-state index contributed by atoms with van der Waals surface area (Å²) in [5, 5.41) is 0.792. The molecular formula is C23H24FN3O4S. The van der Waals surface area contributed by atoms with Crippen LogP contribution in [0.2, 0.25) is 0 Å². The number of hydrogen-bond acceptors (Lipinski definition) is 6. The van der Waals surface area contributed by atoms with E-state index in [0.717, 1.165) is 41.8 Å². The van der Waals surface area contributed by atoms with Gasteiger partial charge in [0, 0.05) is 29.6 Å². The third kappa shape index (κ3) is 5.05. The van der Waals surface area contributed by atoms with E-state index >= 15 is 0 Å².